The second-order valence-corrected chi connectivity index (χ2v) is 41.6. The van der Waals surface area contributed by atoms with Gasteiger partial charge >= 0.3 is 17.9 Å². The van der Waals surface area contributed by atoms with Crippen LogP contribution in [0.25, 0.3) is 78.3 Å². The van der Waals surface area contributed by atoms with Crippen molar-refractivity contribution in [2.45, 2.75) is 170 Å². The van der Waals surface area contributed by atoms with Crippen LogP contribution in [0, 0.1) is 23.6 Å². The maximum absolute atomic E-state index is 14.8. The predicted octanol–water partition coefficient (Wildman–Crippen LogP) is 23.1. The van der Waals surface area contributed by atoms with E-state index in [0.29, 0.717) is 61.0 Å². The van der Waals surface area contributed by atoms with Gasteiger partial charge in [-0.05, 0) is 180 Å². The third-order valence-corrected chi connectivity index (χ3v) is 28.6. The Bertz CT molecular complexity index is 7060. The number of amides is 3. The number of thiophene rings is 3. The number of ketones is 4. The largest absolute Gasteiger partial charge is 0.494 e. The van der Waals surface area contributed by atoms with E-state index in [4.69, 9.17) is 9.47 Å². The minimum atomic E-state index is -1.16. The van der Waals surface area contributed by atoms with Crippen molar-refractivity contribution in [3.63, 3.8) is 0 Å². The molecule has 6 heterocycles. The summed E-state index contributed by atoms with van der Waals surface area (Å²) in [6.45, 7) is 25.8. The normalized spacial score (nSPS) is 12.7. The fourth-order valence-corrected chi connectivity index (χ4v) is 18.5. The van der Waals surface area contributed by atoms with Gasteiger partial charge < -0.3 is 40.7 Å². The van der Waals surface area contributed by atoms with Crippen molar-refractivity contribution >= 4 is 104 Å². The first-order valence-electron chi connectivity index (χ1n) is 47.2. The highest BCUT2D eigenvalue weighted by Gasteiger charge is 2.33. The van der Waals surface area contributed by atoms with E-state index >= 15 is 0 Å². The number of aromatic nitrogens is 6. The van der Waals surface area contributed by atoms with Crippen LogP contribution in [0.3, 0.4) is 0 Å². The van der Waals surface area contributed by atoms with E-state index in [1.807, 2.05) is 183 Å². The second-order valence-electron chi connectivity index (χ2n) is 38.4. The van der Waals surface area contributed by atoms with Crippen LogP contribution in [0.5, 0.6) is 11.5 Å². The summed E-state index contributed by atoms with van der Waals surface area (Å²) in [4.78, 5) is 159. The molecule has 3 amide bonds. The molecule has 0 fully saturated rings. The number of carboxylic acids is 3. The second kappa shape index (κ2) is 47.9. The highest BCUT2D eigenvalue weighted by atomic mass is 32.1. The van der Waals surface area contributed by atoms with E-state index in [0.717, 1.165) is 92.4 Å². The van der Waals surface area contributed by atoms with E-state index in [2.05, 4.69) is 120 Å². The SMILES string of the molecule is CCOc1ccc2cc(-c3cnc(-c4ccc(C[C@H](CC(=O)c5ccc(C(C)(C)C)s5)C(=O)N[C@H](C)C(=O)O)cc4)nc3)ccc2c1.C[C@@H](NC(=O)[C@@H](CC(=O)c1ccc(C(C)(C)C)s1)Cc1ccc(-c2ncc(-c3ccc(C(=O)c4ccccc4)cc3)cn2)cc1)C(=O)O.C[C@@H](NC(=O)[C@@H](CC(=O)c1ccc(C(C)(C)C)s1)Cc1ccc(-c2ncc(-c3ccc(OCc4ccccc4)c(F)c3)cn2)cc1)C(=O)O. The highest BCUT2D eigenvalue weighted by molar-refractivity contribution is 7.15. The van der Waals surface area contributed by atoms with Gasteiger partial charge in [0.05, 0.1) is 21.2 Å². The first-order chi connectivity index (χ1) is 68.7. The molecule has 0 radical (unpaired) electrons. The first kappa shape index (κ1) is 106. The topological polar surface area (TPSA) is 363 Å². The van der Waals surface area contributed by atoms with Crippen molar-refractivity contribution in [1.29, 1.82) is 0 Å². The number of benzene rings is 9. The van der Waals surface area contributed by atoms with Crippen molar-refractivity contribution in [3.05, 3.63) is 354 Å². The Morgan fingerprint density at radius 1 is 0.340 bits per heavy atom. The van der Waals surface area contributed by atoms with Gasteiger partial charge in [0.1, 0.15) is 30.5 Å². The summed E-state index contributed by atoms with van der Waals surface area (Å²) in [5.41, 5.74) is 11.5. The zero-order chi connectivity index (χ0) is 103. The Labute approximate surface area is 848 Å². The van der Waals surface area contributed by atoms with E-state index in [-0.39, 0.29) is 90.3 Å². The summed E-state index contributed by atoms with van der Waals surface area (Å²) in [5.74, 6) is -5.56. The molecular weight excluding hydrogens is 1870 g/mol. The van der Waals surface area contributed by atoms with Gasteiger partial charge in [-0.2, -0.15) is 0 Å². The van der Waals surface area contributed by atoms with Crippen LogP contribution in [0.2, 0.25) is 0 Å². The molecule has 0 bridgehead atoms. The van der Waals surface area contributed by atoms with Gasteiger partial charge in [-0.15, -0.1) is 34.0 Å². The molecular formula is C116H114FN9O15S3. The molecule has 0 unspecified atom stereocenters. The number of nitrogens with zero attached hydrogens (tertiary/aromatic N) is 6. The average molecular weight is 1990 g/mol. The molecule has 9 aromatic carbocycles. The number of aliphatic carboxylic acids is 3. The van der Waals surface area contributed by atoms with E-state index in [1.165, 1.54) is 60.8 Å². The number of halogens is 1. The molecule has 0 aliphatic heterocycles. The average Bonchev–Trinajstić information content (AvgIpc) is 1.24. The molecule has 6 atom stereocenters. The van der Waals surface area contributed by atoms with Crippen LogP contribution in [-0.2, 0) is 70.9 Å². The van der Waals surface area contributed by atoms with Crippen molar-refractivity contribution in [2.75, 3.05) is 6.61 Å². The number of Topliss-reactive ketones (excluding diaryl/α,β-unsaturated/α-hetero) is 3. The molecule has 15 aromatic rings. The summed E-state index contributed by atoms with van der Waals surface area (Å²) in [5, 5.41) is 37.8. The lowest BCUT2D eigenvalue weighted by Crippen LogP contribution is -2.42. The van der Waals surface area contributed by atoms with E-state index < -0.39 is 77.3 Å². The first-order valence-corrected chi connectivity index (χ1v) is 49.7. The van der Waals surface area contributed by atoms with Gasteiger partial charge in [0.25, 0.3) is 0 Å². The van der Waals surface area contributed by atoms with Crippen LogP contribution in [0.15, 0.2) is 286 Å². The van der Waals surface area contributed by atoms with Gasteiger partial charge in [-0.1, -0.05) is 244 Å². The van der Waals surface area contributed by atoms with E-state index in [9.17, 15) is 67.7 Å². The number of hydrogen-bond donors (Lipinski definition) is 6. The van der Waals surface area contributed by atoms with Crippen molar-refractivity contribution in [1.82, 2.24) is 45.9 Å². The van der Waals surface area contributed by atoms with Crippen molar-refractivity contribution in [3.8, 4) is 79.0 Å². The molecule has 0 aliphatic carbocycles. The third kappa shape index (κ3) is 29.0. The lowest BCUT2D eigenvalue weighted by molar-refractivity contribution is -0.142. The quantitative estimate of drug-likeness (QED) is 0.0197. The number of rotatable bonds is 37. The summed E-state index contributed by atoms with van der Waals surface area (Å²) < 4.78 is 26.1. The molecule has 0 aliphatic rings. The van der Waals surface area contributed by atoms with Gasteiger partial charge in [0.15, 0.2) is 52.2 Å². The molecule has 0 saturated heterocycles. The Morgan fingerprint density at radius 2 is 0.660 bits per heavy atom. The van der Waals surface area contributed by atoms with Crippen LogP contribution in [-0.4, -0.2) is 129 Å². The standard InChI is InChI=1S/C39H38FN3O5S.C39H37N3O5S.C38H39N3O5S/c1-24(38(46)47)43-37(45)29(20-32(44)34-16-17-35(49-34)39(2,3)4)18-25-10-12-27(13-11-25)36-41-21-30(22-42-36)28-14-15-33(31(40)19-28)48-23-26-8-6-5-7-9-26;1-24(38(46)47)42-37(45)30(21-32(43)33-18-19-34(48-33)39(2,3)4)20-25-10-12-29(13-11-25)36-40-22-31(23-41-36)26-14-16-28(17-15-26)35(44)27-8-6-5-7-9-27;1-6-46-31-14-13-26-18-27(11-12-28(26)19-31)30-21-39-35(40-22-30)25-9-7-24(8-10-25)17-29(36(43)41-23(2)37(44)45)20-32(42)33-15-16-34(47-33)38(3,4)5/h5-17,19,21-22,24,29H,18,20,23H2,1-4H3,(H,43,45)(H,46,47);5-19,22-24,30H,20-21H2,1-4H3,(H,42,45)(H,46,47);7-16,18-19,21-23,29H,6,17,20H2,1-5H3,(H,41,43)(H,44,45)/t24-,29-;24-,30-;23-,29-/m111/s1. The van der Waals surface area contributed by atoms with Crippen LogP contribution in [0.1, 0.15) is 191 Å². The Morgan fingerprint density at radius 3 is 1.01 bits per heavy atom. The fourth-order valence-electron chi connectivity index (χ4n) is 15.5. The van der Waals surface area contributed by atoms with Gasteiger partial charge in [0, 0.05) is 133 Å². The zero-order valence-electron chi connectivity index (χ0n) is 82.3. The summed E-state index contributed by atoms with van der Waals surface area (Å²) in [6.07, 6.45) is 10.9. The summed E-state index contributed by atoms with van der Waals surface area (Å²) in [6, 6.07) is 73.3. The number of ether oxygens (including phenoxy) is 2. The maximum Gasteiger partial charge on any atom is 0.325 e. The highest BCUT2D eigenvalue weighted by Crippen LogP contribution is 2.38. The molecule has 738 valence electrons. The number of nitrogens with one attached hydrogen (secondary N) is 3. The molecule has 0 spiro atoms. The minimum Gasteiger partial charge on any atom is -0.494 e. The van der Waals surface area contributed by atoms with Crippen molar-refractivity contribution < 1.29 is 77.1 Å². The molecule has 24 nitrogen and oxygen atoms in total. The third-order valence-electron chi connectivity index (χ3n) is 24.0. The zero-order valence-corrected chi connectivity index (χ0v) is 84.7. The van der Waals surface area contributed by atoms with Crippen LogP contribution >= 0.6 is 34.0 Å². The smallest absolute Gasteiger partial charge is 0.325 e. The monoisotopic (exact) mass is 1990 g/mol. The lowest BCUT2D eigenvalue weighted by atomic mass is 9.92. The Kier molecular flexibility index (Phi) is 35.3. The summed E-state index contributed by atoms with van der Waals surface area (Å²) >= 11 is 4.27. The van der Waals surface area contributed by atoms with Gasteiger partial charge in [-0.25, -0.2) is 34.3 Å². The molecule has 144 heavy (non-hydrogen) atoms. The number of hydrogen-bond acceptors (Lipinski definition) is 21. The van der Waals surface area contributed by atoms with Crippen LogP contribution < -0.4 is 25.4 Å². The molecule has 6 aromatic heterocycles. The molecule has 0 saturated carbocycles. The predicted molar refractivity (Wildman–Crippen MR) is 561 cm³/mol. The van der Waals surface area contributed by atoms with Gasteiger partial charge in [-0.3, -0.25) is 47.9 Å². The minimum absolute atomic E-state index is 0.0307. The van der Waals surface area contributed by atoms with Gasteiger partial charge in [0.2, 0.25) is 17.7 Å². The maximum atomic E-state index is 14.8. The molecule has 15 rings (SSSR count). The Balaban J connectivity index is 0.000000181. The van der Waals surface area contributed by atoms with Crippen LogP contribution in [0.4, 0.5) is 4.39 Å². The lowest BCUT2D eigenvalue weighted by Gasteiger charge is -2.18. The number of carboxylic acid groups (broad SMARTS) is 3. The molecule has 6 N–H and O–H groups in total. The Hall–Kier alpha value is -15.4. The number of carbonyl (C=O) groups excluding carboxylic acids is 7. The van der Waals surface area contributed by atoms with E-state index in [1.54, 1.807) is 91.8 Å². The van der Waals surface area contributed by atoms with Crippen molar-refractivity contribution in [2.24, 2.45) is 17.8 Å². The summed E-state index contributed by atoms with van der Waals surface area (Å²) in [7, 11) is 0. The molecule has 28 heteroatoms. The number of fused-ring (bicyclic) bond motifs is 1. The number of carbonyl (C=O) groups is 10. The fraction of sp³-hybridized carbons (Fsp3) is 0.259.